The van der Waals surface area contributed by atoms with Crippen molar-refractivity contribution in [1.82, 2.24) is 5.32 Å². The van der Waals surface area contributed by atoms with Crippen LogP contribution < -0.4 is 15.4 Å². The summed E-state index contributed by atoms with van der Waals surface area (Å²) in [6.45, 7) is 4.95. The van der Waals surface area contributed by atoms with Gasteiger partial charge in [-0.1, -0.05) is 6.07 Å². The van der Waals surface area contributed by atoms with Gasteiger partial charge in [-0.05, 0) is 32.9 Å². The number of benzene rings is 1. The molecule has 6 nitrogen and oxygen atoms in total. The van der Waals surface area contributed by atoms with Crippen molar-refractivity contribution < 1.29 is 23.5 Å². The highest BCUT2D eigenvalue weighted by Gasteiger charge is 2.29. The number of carbonyl (C=O) groups is 2. The fourth-order valence-corrected chi connectivity index (χ4v) is 1.77. The Kier molecular flexibility index (Phi) is 4.02. The molecule has 0 spiro atoms. The number of halogens is 1. The van der Waals surface area contributed by atoms with Crippen molar-refractivity contribution in [3.8, 4) is 5.75 Å². The predicted octanol–water partition coefficient (Wildman–Crippen LogP) is 2.05. The fraction of sp³-hybridized carbons (Fsp3) is 0.429. The molecule has 0 radical (unpaired) electrons. The molecule has 0 fully saturated rings. The van der Waals surface area contributed by atoms with Gasteiger partial charge in [-0.3, -0.25) is 4.79 Å². The van der Waals surface area contributed by atoms with Gasteiger partial charge in [0.25, 0.3) is 5.91 Å². The third-order valence-electron chi connectivity index (χ3n) is 2.63. The molecular formula is C14H17FN2O4. The van der Waals surface area contributed by atoms with E-state index in [0.717, 1.165) is 0 Å². The summed E-state index contributed by atoms with van der Waals surface area (Å²) >= 11 is 0. The maximum Gasteiger partial charge on any atom is 0.408 e. The van der Waals surface area contributed by atoms with Crippen molar-refractivity contribution >= 4 is 17.7 Å². The Morgan fingerprint density at radius 1 is 1.48 bits per heavy atom. The molecule has 21 heavy (non-hydrogen) atoms. The lowest BCUT2D eigenvalue weighted by molar-refractivity contribution is -0.118. The molecule has 2 rings (SSSR count). The van der Waals surface area contributed by atoms with E-state index in [-0.39, 0.29) is 18.0 Å². The minimum Gasteiger partial charge on any atom is -0.486 e. The van der Waals surface area contributed by atoms with Gasteiger partial charge < -0.3 is 20.1 Å². The van der Waals surface area contributed by atoms with Crippen LogP contribution in [0.2, 0.25) is 0 Å². The van der Waals surface area contributed by atoms with Crippen LogP contribution in [0.3, 0.4) is 0 Å². The number of rotatable bonds is 1. The molecule has 114 valence electrons. The van der Waals surface area contributed by atoms with Gasteiger partial charge >= 0.3 is 6.09 Å². The normalized spacial score (nSPS) is 17.9. The minimum absolute atomic E-state index is 0.0423. The third-order valence-corrected chi connectivity index (χ3v) is 2.63. The maximum atomic E-state index is 13.6. The van der Waals surface area contributed by atoms with Crippen LogP contribution in [0.1, 0.15) is 20.8 Å². The van der Waals surface area contributed by atoms with Gasteiger partial charge in [-0.15, -0.1) is 0 Å². The van der Waals surface area contributed by atoms with Crippen molar-refractivity contribution in [2.45, 2.75) is 32.4 Å². The molecule has 0 bridgehead atoms. The first kappa shape index (κ1) is 15.1. The van der Waals surface area contributed by atoms with E-state index in [9.17, 15) is 14.0 Å². The SMILES string of the molecule is CC(C)(C)OC(=O)NC1COc2c(F)cccc2NC1=O. The summed E-state index contributed by atoms with van der Waals surface area (Å²) in [5.74, 6) is -1.12. The Labute approximate surface area is 121 Å². The summed E-state index contributed by atoms with van der Waals surface area (Å²) < 4.78 is 23.9. The molecule has 1 aliphatic heterocycles. The number of alkyl carbamates (subject to hydrolysis) is 1. The number of ether oxygens (including phenoxy) is 2. The summed E-state index contributed by atoms with van der Waals surface area (Å²) in [6, 6.07) is 3.24. The highest BCUT2D eigenvalue weighted by molar-refractivity contribution is 5.98. The van der Waals surface area contributed by atoms with Crippen LogP contribution in [0, 0.1) is 5.82 Å². The monoisotopic (exact) mass is 296 g/mol. The van der Waals surface area contributed by atoms with Gasteiger partial charge in [-0.2, -0.15) is 0 Å². The van der Waals surface area contributed by atoms with E-state index < -0.39 is 29.5 Å². The second-order valence-electron chi connectivity index (χ2n) is 5.62. The van der Waals surface area contributed by atoms with Crippen LogP contribution in [-0.4, -0.2) is 30.3 Å². The van der Waals surface area contributed by atoms with E-state index in [2.05, 4.69) is 10.6 Å². The molecule has 7 heteroatoms. The van der Waals surface area contributed by atoms with Gasteiger partial charge in [0.1, 0.15) is 18.2 Å². The van der Waals surface area contributed by atoms with E-state index in [1.807, 2.05) is 0 Å². The number of hydrogen-bond acceptors (Lipinski definition) is 4. The van der Waals surface area contributed by atoms with Crippen LogP contribution in [0.25, 0.3) is 0 Å². The van der Waals surface area contributed by atoms with Gasteiger partial charge in [0.2, 0.25) is 0 Å². The lowest BCUT2D eigenvalue weighted by atomic mass is 10.2. The van der Waals surface area contributed by atoms with Gasteiger partial charge in [-0.25, -0.2) is 9.18 Å². The lowest BCUT2D eigenvalue weighted by Gasteiger charge is -2.22. The molecule has 1 atom stereocenters. The van der Waals surface area contributed by atoms with Crippen LogP contribution in [0.4, 0.5) is 14.9 Å². The minimum atomic E-state index is -0.966. The molecule has 0 aromatic heterocycles. The second kappa shape index (κ2) is 5.59. The number of carbonyl (C=O) groups excluding carboxylic acids is 2. The quantitative estimate of drug-likeness (QED) is 0.831. The van der Waals surface area contributed by atoms with Crippen molar-refractivity contribution in [2.24, 2.45) is 0 Å². The summed E-state index contributed by atoms with van der Waals surface area (Å²) in [4.78, 5) is 23.7. The molecule has 2 N–H and O–H groups in total. The van der Waals surface area contributed by atoms with Crippen LogP contribution in [0.15, 0.2) is 18.2 Å². The Bertz CT molecular complexity index is 569. The number of para-hydroxylation sites is 1. The Morgan fingerprint density at radius 3 is 2.86 bits per heavy atom. The van der Waals surface area contributed by atoms with Crippen molar-refractivity contribution in [3.05, 3.63) is 24.0 Å². The molecule has 1 heterocycles. The zero-order valence-corrected chi connectivity index (χ0v) is 12.0. The summed E-state index contributed by atoms with van der Waals surface area (Å²) in [7, 11) is 0. The van der Waals surface area contributed by atoms with Gasteiger partial charge in [0, 0.05) is 0 Å². The van der Waals surface area contributed by atoms with E-state index in [1.165, 1.54) is 18.2 Å². The average Bonchev–Trinajstić information content (AvgIpc) is 2.48. The number of anilines is 1. The van der Waals surface area contributed by atoms with E-state index in [1.54, 1.807) is 20.8 Å². The highest BCUT2D eigenvalue weighted by Crippen LogP contribution is 2.29. The molecule has 1 aliphatic rings. The first-order valence-corrected chi connectivity index (χ1v) is 6.48. The zero-order chi connectivity index (χ0) is 15.6. The van der Waals surface area contributed by atoms with Crippen LogP contribution in [-0.2, 0) is 9.53 Å². The largest absolute Gasteiger partial charge is 0.486 e. The zero-order valence-electron chi connectivity index (χ0n) is 12.0. The van der Waals surface area contributed by atoms with Crippen LogP contribution >= 0.6 is 0 Å². The highest BCUT2D eigenvalue weighted by atomic mass is 19.1. The average molecular weight is 296 g/mol. The van der Waals surface area contributed by atoms with E-state index in [0.29, 0.717) is 0 Å². The number of nitrogens with one attached hydrogen (secondary N) is 2. The van der Waals surface area contributed by atoms with E-state index >= 15 is 0 Å². The summed E-state index contributed by atoms with van der Waals surface area (Å²) in [5, 5.41) is 4.91. The summed E-state index contributed by atoms with van der Waals surface area (Å²) in [6.07, 6.45) is -0.738. The second-order valence-corrected chi connectivity index (χ2v) is 5.62. The van der Waals surface area contributed by atoms with Crippen molar-refractivity contribution in [3.63, 3.8) is 0 Å². The van der Waals surface area contributed by atoms with Crippen molar-refractivity contribution in [2.75, 3.05) is 11.9 Å². The molecular weight excluding hydrogens is 279 g/mol. The maximum absolute atomic E-state index is 13.6. The first-order chi connectivity index (χ1) is 9.76. The molecule has 1 aromatic carbocycles. The van der Waals surface area contributed by atoms with Crippen molar-refractivity contribution in [1.29, 1.82) is 0 Å². The third kappa shape index (κ3) is 3.84. The smallest absolute Gasteiger partial charge is 0.408 e. The Balaban J connectivity index is 2.07. The number of fused-ring (bicyclic) bond motifs is 1. The first-order valence-electron chi connectivity index (χ1n) is 6.48. The molecule has 1 unspecified atom stereocenters. The standard InChI is InChI=1S/C14H17FN2O4/c1-14(2,3)21-13(19)17-10-7-20-11-8(15)5-4-6-9(11)16-12(10)18/h4-6,10H,7H2,1-3H3,(H,16,18)(H,17,19). The Hall–Kier alpha value is -2.31. The van der Waals surface area contributed by atoms with Gasteiger partial charge in [0.15, 0.2) is 11.6 Å². The molecule has 0 aliphatic carbocycles. The van der Waals surface area contributed by atoms with Crippen LogP contribution in [0.5, 0.6) is 5.75 Å². The molecule has 0 saturated heterocycles. The lowest BCUT2D eigenvalue weighted by Crippen LogP contribution is -2.48. The van der Waals surface area contributed by atoms with E-state index in [4.69, 9.17) is 9.47 Å². The number of amides is 2. The fourth-order valence-electron chi connectivity index (χ4n) is 1.77. The molecule has 2 amide bonds. The summed E-state index contributed by atoms with van der Waals surface area (Å²) in [5.41, 5.74) is -0.449. The van der Waals surface area contributed by atoms with Gasteiger partial charge in [0.05, 0.1) is 5.69 Å². The topological polar surface area (TPSA) is 76.7 Å². The Morgan fingerprint density at radius 2 is 2.19 bits per heavy atom. The number of hydrogen-bond donors (Lipinski definition) is 2. The molecule has 1 aromatic rings. The molecule has 0 saturated carbocycles. The predicted molar refractivity (Wildman–Crippen MR) is 73.7 cm³/mol.